The van der Waals surface area contributed by atoms with Crippen LogP contribution in [0.3, 0.4) is 0 Å². The van der Waals surface area contributed by atoms with Gasteiger partial charge in [0, 0.05) is 0 Å². The first-order valence-corrected chi connectivity index (χ1v) is 5.53. The molecule has 0 radical (unpaired) electrons. The third kappa shape index (κ3) is 4.18. The Kier molecular flexibility index (Phi) is 5.24. The fourth-order valence-electron chi connectivity index (χ4n) is 1.29. The molecule has 0 aliphatic rings. The van der Waals surface area contributed by atoms with Crippen LogP contribution in [-0.4, -0.2) is 28.7 Å². The number of hydrogen-bond acceptors (Lipinski definition) is 3. The van der Waals surface area contributed by atoms with E-state index >= 15 is 0 Å². The Morgan fingerprint density at radius 3 is 2.27 bits per heavy atom. The van der Waals surface area contributed by atoms with E-state index in [0.29, 0.717) is 12.8 Å². The highest BCUT2D eigenvalue weighted by molar-refractivity contribution is 5.86. The van der Waals surface area contributed by atoms with Crippen molar-refractivity contribution in [2.75, 3.05) is 6.61 Å². The second-order valence-electron chi connectivity index (χ2n) is 4.69. The summed E-state index contributed by atoms with van der Waals surface area (Å²) in [6.07, 6.45) is 2.18. The number of nitrogens with one attached hydrogen (secondary N) is 1. The highest BCUT2D eigenvalue weighted by Crippen LogP contribution is 2.13. The molecule has 0 saturated carbocycles. The molecule has 0 heterocycles. The van der Waals surface area contributed by atoms with Crippen LogP contribution in [0.1, 0.15) is 47.0 Å². The van der Waals surface area contributed by atoms with E-state index in [4.69, 9.17) is 5.73 Å². The average molecular weight is 216 g/mol. The molecule has 4 N–H and O–H groups in total. The van der Waals surface area contributed by atoms with E-state index < -0.39 is 11.1 Å². The summed E-state index contributed by atoms with van der Waals surface area (Å²) in [5.74, 6) is -0.192. The van der Waals surface area contributed by atoms with Gasteiger partial charge in [0.15, 0.2) is 0 Å². The minimum atomic E-state index is -0.847. The fraction of sp³-hybridized carbons (Fsp3) is 0.909. The molecule has 1 amide bonds. The minimum absolute atomic E-state index is 0.0720. The van der Waals surface area contributed by atoms with Gasteiger partial charge in [0.05, 0.1) is 17.7 Å². The topological polar surface area (TPSA) is 75.4 Å². The maximum absolute atomic E-state index is 11.8. The van der Waals surface area contributed by atoms with Crippen LogP contribution in [0.15, 0.2) is 0 Å². The third-order valence-corrected chi connectivity index (χ3v) is 2.83. The summed E-state index contributed by atoms with van der Waals surface area (Å²) >= 11 is 0. The molecule has 0 rings (SSSR count). The van der Waals surface area contributed by atoms with Crippen molar-refractivity contribution in [3.63, 3.8) is 0 Å². The van der Waals surface area contributed by atoms with Crippen LogP contribution in [0.2, 0.25) is 0 Å². The fourth-order valence-corrected chi connectivity index (χ4v) is 1.29. The smallest absolute Gasteiger partial charge is 0.240 e. The lowest BCUT2D eigenvalue weighted by atomic mass is 9.93. The molecule has 90 valence electrons. The van der Waals surface area contributed by atoms with Crippen LogP contribution in [0.25, 0.3) is 0 Å². The molecule has 0 aliphatic heterocycles. The molecule has 0 aliphatic carbocycles. The zero-order chi connectivity index (χ0) is 12.1. The number of aliphatic hydroxyl groups excluding tert-OH is 1. The van der Waals surface area contributed by atoms with Crippen LogP contribution in [-0.2, 0) is 4.79 Å². The molecule has 2 unspecified atom stereocenters. The lowest BCUT2D eigenvalue weighted by Gasteiger charge is -2.32. The first-order chi connectivity index (χ1) is 6.81. The Hall–Kier alpha value is -0.610. The Morgan fingerprint density at radius 2 is 1.93 bits per heavy atom. The summed E-state index contributed by atoms with van der Waals surface area (Å²) in [5.41, 5.74) is 4.48. The summed E-state index contributed by atoms with van der Waals surface area (Å²) in [6.45, 7) is 7.37. The summed E-state index contributed by atoms with van der Waals surface area (Å²) in [6, 6.07) is 0. The SMILES string of the molecule is CCCC(C)(N)C(=O)NC(C)(CC)CO. The zero-order valence-electron chi connectivity index (χ0n) is 10.3. The van der Waals surface area contributed by atoms with E-state index in [1.807, 2.05) is 20.8 Å². The van der Waals surface area contributed by atoms with Gasteiger partial charge in [0.2, 0.25) is 5.91 Å². The summed E-state index contributed by atoms with van der Waals surface area (Å²) in [4.78, 5) is 11.8. The molecular formula is C11H24N2O2. The molecule has 0 aromatic carbocycles. The van der Waals surface area contributed by atoms with Gasteiger partial charge in [-0.05, 0) is 26.7 Å². The van der Waals surface area contributed by atoms with Crippen molar-refractivity contribution in [1.82, 2.24) is 5.32 Å². The molecule has 0 fully saturated rings. The summed E-state index contributed by atoms with van der Waals surface area (Å²) < 4.78 is 0. The highest BCUT2D eigenvalue weighted by atomic mass is 16.3. The molecule has 4 heteroatoms. The Morgan fingerprint density at radius 1 is 1.40 bits per heavy atom. The van der Waals surface area contributed by atoms with Crippen molar-refractivity contribution in [1.29, 1.82) is 0 Å². The first kappa shape index (κ1) is 14.4. The monoisotopic (exact) mass is 216 g/mol. The molecule has 0 saturated heterocycles. The first-order valence-electron chi connectivity index (χ1n) is 5.53. The molecule has 2 atom stereocenters. The Balaban J connectivity index is 4.47. The predicted molar refractivity (Wildman–Crippen MR) is 61.4 cm³/mol. The maximum atomic E-state index is 11.8. The van der Waals surface area contributed by atoms with Gasteiger partial charge in [-0.25, -0.2) is 0 Å². The number of amides is 1. The second-order valence-corrected chi connectivity index (χ2v) is 4.69. The number of hydrogen-bond donors (Lipinski definition) is 3. The van der Waals surface area contributed by atoms with Crippen molar-refractivity contribution in [3.8, 4) is 0 Å². The number of carbonyl (C=O) groups is 1. The van der Waals surface area contributed by atoms with Gasteiger partial charge in [-0.1, -0.05) is 20.3 Å². The van der Waals surface area contributed by atoms with Crippen LogP contribution in [0.5, 0.6) is 0 Å². The van der Waals surface area contributed by atoms with Crippen LogP contribution in [0.4, 0.5) is 0 Å². The number of rotatable bonds is 6. The molecule has 0 aromatic rings. The standard InChI is InChI=1S/C11H24N2O2/c1-5-7-11(4,12)9(15)13-10(3,6-2)8-14/h14H,5-8,12H2,1-4H3,(H,13,15). The molecule has 0 bridgehead atoms. The van der Waals surface area contributed by atoms with Crippen molar-refractivity contribution >= 4 is 5.91 Å². The van der Waals surface area contributed by atoms with E-state index in [9.17, 15) is 9.90 Å². The second kappa shape index (κ2) is 5.47. The van der Waals surface area contributed by atoms with Crippen molar-refractivity contribution in [2.24, 2.45) is 5.73 Å². The van der Waals surface area contributed by atoms with Gasteiger partial charge in [-0.15, -0.1) is 0 Å². The lowest BCUT2D eigenvalue weighted by molar-refractivity contribution is -0.128. The molecule has 0 spiro atoms. The number of nitrogens with two attached hydrogens (primary N) is 1. The van der Waals surface area contributed by atoms with Crippen LogP contribution < -0.4 is 11.1 Å². The van der Waals surface area contributed by atoms with E-state index in [0.717, 1.165) is 6.42 Å². The molecule has 0 aromatic heterocycles. The molecule has 4 nitrogen and oxygen atoms in total. The van der Waals surface area contributed by atoms with E-state index in [2.05, 4.69) is 5.32 Å². The Labute approximate surface area is 92.2 Å². The maximum Gasteiger partial charge on any atom is 0.240 e. The van der Waals surface area contributed by atoms with Crippen LogP contribution >= 0.6 is 0 Å². The van der Waals surface area contributed by atoms with Crippen molar-refractivity contribution in [3.05, 3.63) is 0 Å². The van der Waals surface area contributed by atoms with Crippen molar-refractivity contribution < 1.29 is 9.90 Å². The van der Waals surface area contributed by atoms with Gasteiger partial charge in [-0.3, -0.25) is 4.79 Å². The van der Waals surface area contributed by atoms with Crippen molar-refractivity contribution in [2.45, 2.75) is 58.0 Å². The normalized spacial score (nSPS) is 19.1. The average Bonchev–Trinajstić information content (AvgIpc) is 2.17. The van der Waals surface area contributed by atoms with Gasteiger partial charge in [0.1, 0.15) is 0 Å². The van der Waals surface area contributed by atoms with Gasteiger partial charge >= 0.3 is 0 Å². The van der Waals surface area contributed by atoms with Gasteiger partial charge in [0.25, 0.3) is 0 Å². The number of aliphatic hydroxyl groups is 1. The van der Waals surface area contributed by atoms with E-state index in [-0.39, 0.29) is 12.5 Å². The molecule has 15 heavy (non-hydrogen) atoms. The summed E-state index contributed by atoms with van der Waals surface area (Å²) in [7, 11) is 0. The largest absolute Gasteiger partial charge is 0.394 e. The lowest BCUT2D eigenvalue weighted by Crippen LogP contribution is -2.59. The minimum Gasteiger partial charge on any atom is -0.394 e. The van der Waals surface area contributed by atoms with E-state index in [1.54, 1.807) is 6.92 Å². The number of carbonyl (C=O) groups excluding carboxylic acids is 1. The zero-order valence-corrected chi connectivity index (χ0v) is 10.3. The predicted octanol–water partition coefficient (Wildman–Crippen LogP) is 0.781. The highest BCUT2D eigenvalue weighted by Gasteiger charge is 2.32. The Bertz CT molecular complexity index is 211. The van der Waals surface area contributed by atoms with E-state index in [1.165, 1.54) is 0 Å². The van der Waals surface area contributed by atoms with Gasteiger partial charge < -0.3 is 16.2 Å². The van der Waals surface area contributed by atoms with Crippen LogP contribution in [0, 0.1) is 0 Å². The van der Waals surface area contributed by atoms with Gasteiger partial charge in [-0.2, -0.15) is 0 Å². The summed E-state index contributed by atoms with van der Waals surface area (Å²) in [5, 5.41) is 12.0. The third-order valence-electron chi connectivity index (χ3n) is 2.83. The molecular weight excluding hydrogens is 192 g/mol. The quantitative estimate of drug-likeness (QED) is 0.614.